The van der Waals surface area contributed by atoms with Gasteiger partial charge in [-0.1, -0.05) is 0 Å². The van der Waals surface area contributed by atoms with Gasteiger partial charge in [0.05, 0.1) is 12.6 Å². The first kappa shape index (κ1) is 12.4. The highest BCUT2D eigenvalue weighted by atomic mass is 16.5. The minimum absolute atomic E-state index is 0.0319. The van der Waals surface area contributed by atoms with Gasteiger partial charge in [0.1, 0.15) is 6.10 Å². The molecule has 0 spiro atoms. The molecule has 0 amide bonds. The Morgan fingerprint density at radius 1 is 1.18 bits per heavy atom. The molecule has 2 rings (SSSR count). The highest BCUT2D eigenvalue weighted by Crippen LogP contribution is 2.34. The van der Waals surface area contributed by atoms with E-state index in [4.69, 9.17) is 9.47 Å². The SMILES string of the molecule is CC(=O)OCC1CCN2CCC(OC(C)=O)C12. The van der Waals surface area contributed by atoms with Gasteiger partial charge in [-0.3, -0.25) is 14.5 Å². The largest absolute Gasteiger partial charge is 0.466 e. The van der Waals surface area contributed by atoms with E-state index in [-0.39, 0.29) is 24.1 Å². The molecule has 17 heavy (non-hydrogen) atoms. The summed E-state index contributed by atoms with van der Waals surface area (Å²) in [5.74, 6) is -0.175. The lowest BCUT2D eigenvalue weighted by Gasteiger charge is -2.25. The van der Waals surface area contributed by atoms with Crippen LogP contribution in [0, 0.1) is 5.92 Å². The first-order valence-electron chi connectivity index (χ1n) is 6.12. The molecule has 96 valence electrons. The summed E-state index contributed by atoms with van der Waals surface area (Å²) in [7, 11) is 0. The maximum atomic E-state index is 11.0. The summed E-state index contributed by atoms with van der Waals surface area (Å²) in [5, 5.41) is 0. The summed E-state index contributed by atoms with van der Waals surface area (Å²) < 4.78 is 10.4. The Kier molecular flexibility index (Phi) is 3.66. The molecule has 2 fully saturated rings. The zero-order valence-electron chi connectivity index (χ0n) is 10.3. The molecule has 0 bridgehead atoms. The van der Waals surface area contributed by atoms with Crippen molar-refractivity contribution in [2.24, 2.45) is 5.92 Å². The van der Waals surface area contributed by atoms with E-state index in [1.165, 1.54) is 13.8 Å². The second-order valence-electron chi connectivity index (χ2n) is 4.81. The summed E-state index contributed by atoms with van der Waals surface area (Å²) in [5.41, 5.74) is 0. The molecule has 0 aromatic carbocycles. The molecular formula is C12H19NO4. The Hall–Kier alpha value is -1.10. The van der Waals surface area contributed by atoms with Crippen LogP contribution < -0.4 is 0 Å². The lowest BCUT2D eigenvalue weighted by molar-refractivity contribution is -0.150. The average Bonchev–Trinajstić information content (AvgIpc) is 2.78. The first-order valence-corrected chi connectivity index (χ1v) is 6.12. The molecule has 0 saturated carbocycles. The molecule has 2 aliphatic rings. The van der Waals surface area contributed by atoms with E-state index >= 15 is 0 Å². The second-order valence-corrected chi connectivity index (χ2v) is 4.81. The predicted molar refractivity (Wildman–Crippen MR) is 60.3 cm³/mol. The van der Waals surface area contributed by atoms with Gasteiger partial charge in [0, 0.05) is 26.3 Å². The van der Waals surface area contributed by atoms with E-state index in [9.17, 15) is 9.59 Å². The minimum Gasteiger partial charge on any atom is -0.466 e. The van der Waals surface area contributed by atoms with Crippen molar-refractivity contribution in [3.05, 3.63) is 0 Å². The van der Waals surface area contributed by atoms with Gasteiger partial charge in [-0.25, -0.2) is 0 Å². The van der Waals surface area contributed by atoms with Gasteiger partial charge in [0.15, 0.2) is 0 Å². The number of hydrogen-bond acceptors (Lipinski definition) is 5. The van der Waals surface area contributed by atoms with Gasteiger partial charge < -0.3 is 9.47 Å². The Morgan fingerprint density at radius 2 is 1.88 bits per heavy atom. The van der Waals surface area contributed by atoms with Gasteiger partial charge in [-0.05, 0) is 19.4 Å². The zero-order valence-corrected chi connectivity index (χ0v) is 10.3. The maximum absolute atomic E-state index is 11.0. The third-order valence-corrected chi connectivity index (χ3v) is 3.59. The number of esters is 2. The van der Waals surface area contributed by atoms with E-state index in [1.807, 2.05) is 0 Å². The molecule has 3 atom stereocenters. The van der Waals surface area contributed by atoms with Crippen LogP contribution in [0.5, 0.6) is 0 Å². The van der Waals surface area contributed by atoms with Crippen molar-refractivity contribution in [1.29, 1.82) is 0 Å². The zero-order chi connectivity index (χ0) is 12.4. The minimum atomic E-state index is -0.245. The van der Waals surface area contributed by atoms with Crippen LogP contribution in [0.4, 0.5) is 0 Å². The van der Waals surface area contributed by atoms with Crippen LogP contribution in [0.1, 0.15) is 26.7 Å². The van der Waals surface area contributed by atoms with Crippen molar-refractivity contribution >= 4 is 11.9 Å². The molecule has 0 radical (unpaired) electrons. The Balaban J connectivity index is 1.95. The smallest absolute Gasteiger partial charge is 0.302 e. The van der Waals surface area contributed by atoms with E-state index in [2.05, 4.69) is 4.90 Å². The summed E-state index contributed by atoms with van der Waals surface area (Å²) in [6.07, 6.45) is 1.87. The van der Waals surface area contributed by atoms with Crippen molar-refractivity contribution in [1.82, 2.24) is 4.90 Å². The average molecular weight is 241 g/mol. The lowest BCUT2D eigenvalue weighted by atomic mass is 9.97. The fourth-order valence-electron chi connectivity index (χ4n) is 2.96. The fourth-order valence-corrected chi connectivity index (χ4v) is 2.96. The van der Waals surface area contributed by atoms with Crippen molar-refractivity contribution in [3.63, 3.8) is 0 Å². The Labute approximate surface area is 101 Å². The number of carbonyl (C=O) groups is 2. The second kappa shape index (κ2) is 5.04. The first-order chi connectivity index (χ1) is 8.08. The highest BCUT2D eigenvalue weighted by Gasteiger charge is 2.45. The normalized spacial score (nSPS) is 32.2. The van der Waals surface area contributed by atoms with Crippen molar-refractivity contribution in [2.75, 3.05) is 19.7 Å². The molecule has 5 nitrogen and oxygen atoms in total. The van der Waals surface area contributed by atoms with Gasteiger partial charge in [-0.15, -0.1) is 0 Å². The van der Waals surface area contributed by atoms with Crippen molar-refractivity contribution < 1.29 is 19.1 Å². The molecule has 0 aromatic heterocycles. The van der Waals surface area contributed by atoms with Gasteiger partial charge in [0.25, 0.3) is 0 Å². The van der Waals surface area contributed by atoms with Crippen molar-refractivity contribution in [3.8, 4) is 0 Å². The Morgan fingerprint density at radius 3 is 2.53 bits per heavy atom. The lowest BCUT2D eigenvalue weighted by Crippen LogP contribution is -2.38. The molecule has 0 aromatic rings. The molecule has 0 aliphatic carbocycles. The van der Waals surface area contributed by atoms with E-state index in [0.29, 0.717) is 12.5 Å². The van der Waals surface area contributed by atoms with Crippen LogP contribution in [0.2, 0.25) is 0 Å². The number of ether oxygens (including phenoxy) is 2. The number of carbonyl (C=O) groups excluding carboxylic acids is 2. The number of hydrogen-bond donors (Lipinski definition) is 0. The third kappa shape index (κ3) is 2.77. The van der Waals surface area contributed by atoms with Crippen LogP contribution >= 0.6 is 0 Å². The topological polar surface area (TPSA) is 55.8 Å². The van der Waals surface area contributed by atoms with E-state index in [0.717, 1.165) is 25.9 Å². The van der Waals surface area contributed by atoms with E-state index in [1.54, 1.807) is 0 Å². The third-order valence-electron chi connectivity index (χ3n) is 3.59. The molecule has 5 heteroatoms. The van der Waals surface area contributed by atoms with Crippen LogP contribution in [-0.4, -0.2) is 48.7 Å². The standard InChI is InChI=1S/C12H19NO4/c1-8(14)16-7-10-3-5-13-6-4-11(12(10)13)17-9(2)15/h10-12H,3-7H2,1-2H3. The molecule has 2 heterocycles. The van der Waals surface area contributed by atoms with E-state index < -0.39 is 0 Å². The molecule has 3 unspecified atom stereocenters. The molecule has 2 saturated heterocycles. The Bertz CT molecular complexity index is 318. The van der Waals surface area contributed by atoms with Crippen molar-refractivity contribution in [2.45, 2.75) is 38.8 Å². The molecule has 0 N–H and O–H groups in total. The summed E-state index contributed by atoms with van der Waals surface area (Å²) >= 11 is 0. The quantitative estimate of drug-likeness (QED) is 0.676. The number of rotatable bonds is 3. The monoisotopic (exact) mass is 241 g/mol. The predicted octanol–water partition coefficient (Wildman–Crippen LogP) is 0.575. The maximum Gasteiger partial charge on any atom is 0.302 e. The van der Waals surface area contributed by atoms with Gasteiger partial charge in [0.2, 0.25) is 0 Å². The molecular weight excluding hydrogens is 222 g/mol. The van der Waals surface area contributed by atoms with Gasteiger partial charge in [-0.2, -0.15) is 0 Å². The van der Waals surface area contributed by atoms with Gasteiger partial charge >= 0.3 is 11.9 Å². The van der Waals surface area contributed by atoms with Crippen LogP contribution in [0.15, 0.2) is 0 Å². The summed E-state index contributed by atoms with van der Waals surface area (Å²) in [6.45, 7) is 5.28. The van der Waals surface area contributed by atoms with Crippen LogP contribution in [0.25, 0.3) is 0 Å². The summed E-state index contributed by atoms with van der Waals surface area (Å²) in [4.78, 5) is 24.2. The summed E-state index contributed by atoms with van der Waals surface area (Å²) in [6, 6.07) is 0.234. The molecule has 2 aliphatic heterocycles. The highest BCUT2D eigenvalue weighted by molar-refractivity contribution is 5.66. The number of nitrogens with zero attached hydrogens (tertiary/aromatic N) is 1. The van der Waals surface area contributed by atoms with Crippen LogP contribution in [-0.2, 0) is 19.1 Å². The number of fused-ring (bicyclic) bond motifs is 1. The van der Waals surface area contributed by atoms with Crippen LogP contribution in [0.3, 0.4) is 0 Å². The fraction of sp³-hybridized carbons (Fsp3) is 0.833.